The van der Waals surface area contributed by atoms with Crippen LogP contribution in [-0.2, 0) is 11.2 Å². The van der Waals surface area contributed by atoms with Crippen LogP contribution in [0.5, 0.6) is 0 Å². The van der Waals surface area contributed by atoms with Gasteiger partial charge in [0.2, 0.25) is 5.89 Å². The van der Waals surface area contributed by atoms with Crippen molar-refractivity contribution in [3.63, 3.8) is 0 Å². The Bertz CT molecular complexity index is 250. The molecule has 0 fully saturated rings. The zero-order chi connectivity index (χ0) is 11.6. The SMILES string of the molecule is CCCCC(C)OCCCCc1ncno1. The second-order valence-corrected chi connectivity index (χ2v) is 4.12. The molecule has 4 nitrogen and oxygen atoms in total. The Morgan fingerprint density at radius 3 is 2.94 bits per heavy atom. The molecule has 0 amide bonds. The second kappa shape index (κ2) is 8.28. The lowest BCUT2D eigenvalue weighted by Gasteiger charge is -2.11. The van der Waals surface area contributed by atoms with Crippen LogP contribution in [0.1, 0.15) is 51.8 Å². The predicted octanol–water partition coefficient (Wildman–Crippen LogP) is 2.99. The van der Waals surface area contributed by atoms with E-state index in [-0.39, 0.29) is 0 Å². The van der Waals surface area contributed by atoms with E-state index in [2.05, 4.69) is 24.0 Å². The molecule has 0 saturated carbocycles. The van der Waals surface area contributed by atoms with E-state index in [1.54, 1.807) is 0 Å². The van der Waals surface area contributed by atoms with Crippen LogP contribution in [0.4, 0.5) is 0 Å². The maximum Gasteiger partial charge on any atom is 0.226 e. The molecule has 0 bridgehead atoms. The molecular formula is C12H22N2O2. The van der Waals surface area contributed by atoms with Gasteiger partial charge >= 0.3 is 0 Å². The minimum absolute atomic E-state index is 0.392. The first-order chi connectivity index (χ1) is 7.83. The molecule has 16 heavy (non-hydrogen) atoms. The van der Waals surface area contributed by atoms with Crippen molar-refractivity contribution in [2.75, 3.05) is 6.61 Å². The first-order valence-corrected chi connectivity index (χ1v) is 6.20. The topological polar surface area (TPSA) is 48.2 Å². The molecule has 1 unspecified atom stereocenters. The molecule has 1 aromatic rings. The van der Waals surface area contributed by atoms with Crippen LogP contribution in [0.2, 0.25) is 0 Å². The molecule has 1 aromatic heterocycles. The molecular weight excluding hydrogens is 204 g/mol. The summed E-state index contributed by atoms with van der Waals surface area (Å²) in [6.07, 6.45) is 8.45. The Labute approximate surface area is 97.4 Å². The number of rotatable bonds is 9. The van der Waals surface area contributed by atoms with E-state index >= 15 is 0 Å². The third-order valence-corrected chi connectivity index (χ3v) is 2.56. The van der Waals surface area contributed by atoms with Gasteiger partial charge in [0, 0.05) is 13.0 Å². The summed E-state index contributed by atoms with van der Waals surface area (Å²) in [7, 11) is 0. The summed E-state index contributed by atoms with van der Waals surface area (Å²) in [6, 6.07) is 0. The lowest BCUT2D eigenvalue weighted by Crippen LogP contribution is -2.09. The van der Waals surface area contributed by atoms with E-state index in [0.29, 0.717) is 6.10 Å². The van der Waals surface area contributed by atoms with E-state index in [1.165, 1.54) is 25.6 Å². The molecule has 0 aliphatic rings. The van der Waals surface area contributed by atoms with Crippen LogP contribution < -0.4 is 0 Å². The molecule has 4 heteroatoms. The van der Waals surface area contributed by atoms with E-state index in [1.807, 2.05) is 0 Å². The highest BCUT2D eigenvalue weighted by Crippen LogP contribution is 2.06. The molecule has 1 rings (SSSR count). The first-order valence-electron chi connectivity index (χ1n) is 6.20. The van der Waals surface area contributed by atoms with Crippen molar-refractivity contribution < 1.29 is 9.26 Å². The molecule has 0 N–H and O–H groups in total. The summed E-state index contributed by atoms with van der Waals surface area (Å²) in [5.41, 5.74) is 0. The third kappa shape index (κ3) is 5.85. The third-order valence-electron chi connectivity index (χ3n) is 2.56. The number of aromatic nitrogens is 2. The summed E-state index contributed by atoms with van der Waals surface area (Å²) < 4.78 is 10.6. The number of hydrogen-bond donors (Lipinski definition) is 0. The Hall–Kier alpha value is -0.900. The van der Waals surface area contributed by atoms with Crippen molar-refractivity contribution in [3.05, 3.63) is 12.2 Å². The van der Waals surface area contributed by atoms with Gasteiger partial charge in [0.25, 0.3) is 0 Å². The number of hydrogen-bond acceptors (Lipinski definition) is 4. The molecule has 0 aromatic carbocycles. The molecule has 0 radical (unpaired) electrons. The van der Waals surface area contributed by atoms with Crippen LogP contribution in [0, 0.1) is 0 Å². The van der Waals surface area contributed by atoms with Gasteiger partial charge in [-0.15, -0.1) is 0 Å². The van der Waals surface area contributed by atoms with Crippen molar-refractivity contribution in [1.29, 1.82) is 0 Å². The Morgan fingerprint density at radius 2 is 2.25 bits per heavy atom. The Balaban J connectivity index is 1.91. The number of aryl methyl sites for hydroxylation is 1. The van der Waals surface area contributed by atoms with Crippen LogP contribution >= 0.6 is 0 Å². The standard InChI is InChI=1S/C12H22N2O2/c1-3-4-7-11(2)15-9-6-5-8-12-13-10-14-16-12/h10-11H,3-9H2,1-2H3. The molecule has 0 spiro atoms. The lowest BCUT2D eigenvalue weighted by atomic mass is 10.2. The predicted molar refractivity (Wildman–Crippen MR) is 62.2 cm³/mol. The van der Waals surface area contributed by atoms with Crippen molar-refractivity contribution in [1.82, 2.24) is 10.1 Å². The fraction of sp³-hybridized carbons (Fsp3) is 0.833. The molecule has 0 aliphatic heterocycles. The van der Waals surface area contributed by atoms with Gasteiger partial charge in [-0.2, -0.15) is 4.98 Å². The normalized spacial score (nSPS) is 12.9. The van der Waals surface area contributed by atoms with Crippen molar-refractivity contribution in [2.24, 2.45) is 0 Å². The Morgan fingerprint density at radius 1 is 1.38 bits per heavy atom. The van der Waals surface area contributed by atoms with E-state index < -0.39 is 0 Å². The maximum absolute atomic E-state index is 5.70. The average molecular weight is 226 g/mol. The molecule has 92 valence electrons. The zero-order valence-corrected chi connectivity index (χ0v) is 10.3. The number of unbranched alkanes of at least 4 members (excludes halogenated alkanes) is 2. The number of ether oxygens (including phenoxy) is 1. The zero-order valence-electron chi connectivity index (χ0n) is 10.3. The van der Waals surface area contributed by atoms with Crippen molar-refractivity contribution in [3.8, 4) is 0 Å². The van der Waals surface area contributed by atoms with Crippen LogP contribution in [0.15, 0.2) is 10.9 Å². The molecule has 0 aliphatic carbocycles. The fourth-order valence-corrected chi connectivity index (χ4v) is 1.54. The fourth-order valence-electron chi connectivity index (χ4n) is 1.54. The highest BCUT2D eigenvalue weighted by molar-refractivity contribution is 4.73. The second-order valence-electron chi connectivity index (χ2n) is 4.12. The van der Waals surface area contributed by atoms with Gasteiger partial charge in [0.1, 0.15) is 0 Å². The Kier molecular flexibility index (Phi) is 6.81. The monoisotopic (exact) mass is 226 g/mol. The van der Waals surface area contributed by atoms with Crippen LogP contribution in [0.3, 0.4) is 0 Å². The summed E-state index contributed by atoms with van der Waals surface area (Å²) in [5.74, 6) is 0.721. The highest BCUT2D eigenvalue weighted by Gasteiger charge is 2.02. The van der Waals surface area contributed by atoms with Gasteiger partial charge in [-0.25, -0.2) is 0 Å². The number of nitrogens with zero attached hydrogens (tertiary/aromatic N) is 2. The molecule has 1 atom stereocenters. The van der Waals surface area contributed by atoms with E-state index in [9.17, 15) is 0 Å². The van der Waals surface area contributed by atoms with Gasteiger partial charge in [-0.05, 0) is 26.2 Å². The summed E-state index contributed by atoms with van der Waals surface area (Å²) in [6.45, 7) is 5.18. The van der Waals surface area contributed by atoms with Gasteiger partial charge in [-0.3, -0.25) is 0 Å². The van der Waals surface area contributed by atoms with Crippen LogP contribution in [-0.4, -0.2) is 22.9 Å². The largest absolute Gasteiger partial charge is 0.379 e. The van der Waals surface area contributed by atoms with Crippen LogP contribution in [0.25, 0.3) is 0 Å². The van der Waals surface area contributed by atoms with Gasteiger partial charge < -0.3 is 9.26 Å². The lowest BCUT2D eigenvalue weighted by molar-refractivity contribution is 0.0562. The highest BCUT2D eigenvalue weighted by atomic mass is 16.5. The van der Waals surface area contributed by atoms with Crippen molar-refractivity contribution >= 4 is 0 Å². The van der Waals surface area contributed by atoms with Gasteiger partial charge in [-0.1, -0.05) is 24.9 Å². The summed E-state index contributed by atoms with van der Waals surface area (Å²) in [5, 5.41) is 3.57. The molecule has 0 saturated heterocycles. The summed E-state index contributed by atoms with van der Waals surface area (Å²) in [4.78, 5) is 3.97. The van der Waals surface area contributed by atoms with Gasteiger partial charge in [0.05, 0.1) is 6.10 Å². The minimum Gasteiger partial charge on any atom is -0.379 e. The van der Waals surface area contributed by atoms with E-state index in [0.717, 1.165) is 31.8 Å². The van der Waals surface area contributed by atoms with Gasteiger partial charge in [0.15, 0.2) is 6.33 Å². The van der Waals surface area contributed by atoms with E-state index in [4.69, 9.17) is 9.26 Å². The first kappa shape index (κ1) is 13.2. The maximum atomic E-state index is 5.70. The summed E-state index contributed by atoms with van der Waals surface area (Å²) >= 11 is 0. The molecule has 1 heterocycles. The quantitative estimate of drug-likeness (QED) is 0.607. The minimum atomic E-state index is 0.392. The smallest absolute Gasteiger partial charge is 0.226 e. The average Bonchev–Trinajstić information content (AvgIpc) is 2.79. The van der Waals surface area contributed by atoms with Crippen molar-refractivity contribution in [2.45, 2.75) is 58.5 Å².